The van der Waals surface area contributed by atoms with Gasteiger partial charge in [-0.05, 0) is 48.9 Å². The van der Waals surface area contributed by atoms with Gasteiger partial charge in [0.15, 0.2) is 0 Å². The van der Waals surface area contributed by atoms with Crippen LogP contribution in [-0.4, -0.2) is 17.5 Å². The molecule has 0 spiro atoms. The zero-order valence-corrected chi connectivity index (χ0v) is 18.3. The van der Waals surface area contributed by atoms with E-state index in [1.807, 2.05) is 0 Å². The van der Waals surface area contributed by atoms with E-state index in [0.29, 0.717) is 0 Å². The number of hydrogen-bond donors (Lipinski definition) is 3. The lowest BCUT2D eigenvalue weighted by molar-refractivity contribution is 0.381. The first-order valence-electron chi connectivity index (χ1n) is 9.88. The molecule has 7 heteroatoms. The normalized spacial score (nSPS) is 10.5. The molecule has 0 saturated carbocycles. The fraction of sp³-hybridized carbons (Fsp3) is 0.455. The van der Waals surface area contributed by atoms with Crippen molar-refractivity contribution >= 4 is 10.4 Å². The summed E-state index contributed by atoms with van der Waals surface area (Å²) in [5.41, 5.74) is 2.65. The smallest absolute Gasteiger partial charge is 0.394 e. The SMILES string of the molecule is CCCCCc1ccccc1Oc1ccccc1CCCCC.N.O=S(=O)(O)O. The van der Waals surface area contributed by atoms with Crippen molar-refractivity contribution in [3.63, 3.8) is 0 Å². The van der Waals surface area contributed by atoms with Gasteiger partial charge >= 0.3 is 10.4 Å². The molecule has 164 valence electrons. The lowest BCUT2D eigenvalue weighted by Crippen LogP contribution is -1.96. The van der Waals surface area contributed by atoms with Gasteiger partial charge in [-0.1, -0.05) is 75.9 Å². The van der Waals surface area contributed by atoms with Crippen molar-refractivity contribution in [1.29, 1.82) is 0 Å². The molecule has 2 aromatic carbocycles. The van der Waals surface area contributed by atoms with Crippen LogP contribution in [-0.2, 0) is 23.2 Å². The van der Waals surface area contributed by atoms with Crippen LogP contribution in [0, 0.1) is 0 Å². The van der Waals surface area contributed by atoms with E-state index in [1.54, 1.807) is 0 Å². The molecule has 0 aliphatic rings. The van der Waals surface area contributed by atoms with Gasteiger partial charge in [-0.15, -0.1) is 0 Å². The summed E-state index contributed by atoms with van der Waals surface area (Å²) in [5, 5.41) is 0. The Balaban J connectivity index is 0.00000117. The van der Waals surface area contributed by atoms with Gasteiger partial charge in [-0.2, -0.15) is 8.42 Å². The number of aryl methyl sites for hydroxylation is 2. The summed E-state index contributed by atoms with van der Waals surface area (Å²) >= 11 is 0. The minimum absolute atomic E-state index is 0. The molecule has 29 heavy (non-hydrogen) atoms. The van der Waals surface area contributed by atoms with E-state index in [4.69, 9.17) is 22.3 Å². The number of ether oxygens (including phenoxy) is 1. The highest BCUT2D eigenvalue weighted by Gasteiger charge is 2.08. The average Bonchev–Trinajstić information content (AvgIpc) is 2.63. The van der Waals surface area contributed by atoms with E-state index in [-0.39, 0.29) is 6.15 Å². The van der Waals surface area contributed by atoms with E-state index in [0.717, 1.165) is 24.3 Å². The van der Waals surface area contributed by atoms with Gasteiger partial charge < -0.3 is 10.9 Å². The lowest BCUT2D eigenvalue weighted by atomic mass is 10.1. The van der Waals surface area contributed by atoms with Crippen LogP contribution in [0.1, 0.15) is 63.5 Å². The third kappa shape index (κ3) is 13.0. The van der Waals surface area contributed by atoms with Crippen LogP contribution in [0.3, 0.4) is 0 Å². The minimum atomic E-state index is -4.67. The van der Waals surface area contributed by atoms with E-state index in [2.05, 4.69) is 62.4 Å². The monoisotopic (exact) mass is 425 g/mol. The van der Waals surface area contributed by atoms with Gasteiger partial charge in [-0.3, -0.25) is 9.11 Å². The number of benzene rings is 2. The molecule has 0 heterocycles. The van der Waals surface area contributed by atoms with E-state index in [1.165, 1.54) is 49.7 Å². The van der Waals surface area contributed by atoms with Gasteiger partial charge in [0.2, 0.25) is 0 Å². The van der Waals surface area contributed by atoms with Gasteiger partial charge in [0.05, 0.1) is 0 Å². The first-order chi connectivity index (χ1) is 13.3. The second-order valence-corrected chi connectivity index (χ2v) is 7.58. The van der Waals surface area contributed by atoms with Crippen molar-refractivity contribution in [3.8, 4) is 11.5 Å². The second-order valence-electron chi connectivity index (χ2n) is 6.68. The summed E-state index contributed by atoms with van der Waals surface area (Å²) in [6.45, 7) is 4.49. The summed E-state index contributed by atoms with van der Waals surface area (Å²) in [7, 11) is -4.67. The van der Waals surface area contributed by atoms with Gasteiger partial charge in [0.25, 0.3) is 0 Å². The molecule has 0 amide bonds. The number of hydrogen-bond acceptors (Lipinski definition) is 4. The van der Waals surface area contributed by atoms with Crippen molar-refractivity contribution in [2.24, 2.45) is 0 Å². The van der Waals surface area contributed by atoms with Crippen molar-refractivity contribution in [2.45, 2.75) is 65.2 Å². The highest BCUT2D eigenvalue weighted by molar-refractivity contribution is 7.79. The molecule has 2 aromatic rings. The molecular formula is C22H35NO5S. The molecule has 0 radical (unpaired) electrons. The number of unbranched alkanes of at least 4 members (excludes halogenated alkanes) is 4. The van der Waals surface area contributed by atoms with Crippen LogP contribution in [0.25, 0.3) is 0 Å². The van der Waals surface area contributed by atoms with Crippen molar-refractivity contribution < 1.29 is 22.3 Å². The summed E-state index contributed by atoms with van der Waals surface area (Å²) in [4.78, 5) is 0. The molecule has 0 unspecified atom stereocenters. The Bertz CT molecular complexity index is 734. The molecule has 5 N–H and O–H groups in total. The summed E-state index contributed by atoms with van der Waals surface area (Å²) in [6, 6.07) is 17.0. The standard InChI is InChI=1S/C22H30O.H3N.H2O4S/c1-3-5-7-13-19-15-9-11-17-21(19)23-22-18-12-10-16-20(22)14-8-6-4-2;;1-5(2,3)4/h9-12,15-18H,3-8,13-14H2,1-2H3;1H3;(H2,1,2,3,4). The molecule has 0 atom stereocenters. The van der Waals surface area contributed by atoms with Crippen LogP contribution < -0.4 is 10.9 Å². The van der Waals surface area contributed by atoms with Crippen molar-refractivity contribution in [3.05, 3.63) is 59.7 Å². The molecular weight excluding hydrogens is 390 g/mol. The molecule has 0 aliphatic heterocycles. The predicted molar refractivity (Wildman–Crippen MR) is 119 cm³/mol. The fourth-order valence-corrected chi connectivity index (χ4v) is 2.87. The zero-order chi connectivity index (χ0) is 20.8. The largest absolute Gasteiger partial charge is 0.457 e. The van der Waals surface area contributed by atoms with Gasteiger partial charge in [0, 0.05) is 0 Å². The van der Waals surface area contributed by atoms with Gasteiger partial charge in [0.1, 0.15) is 11.5 Å². The first kappa shape index (κ1) is 27.1. The number of para-hydroxylation sites is 2. The average molecular weight is 426 g/mol. The Hall–Kier alpha value is -1.93. The molecule has 0 bridgehead atoms. The Kier molecular flexibility index (Phi) is 14.0. The third-order valence-corrected chi connectivity index (χ3v) is 4.26. The number of rotatable bonds is 10. The summed E-state index contributed by atoms with van der Waals surface area (Å²) in [5.74, 6) is 2.04. The minimum Gasteiger partial charge on any atom is -0.457 e. The van der Waals surface area contributed by atoms with Crippen molar-refractivity contribution in [2.75, 3.05) is 0 Å². The first-order valence-corrected chi connectivity index (χ1v) is 11.3. The van der Waals surface area contributed by atoms with E-state index in [9.17, 15) is 0 Å². The maximum absolute atomic E-state index is 8.74. The zero-order valence-electron chi connectivity index (χ0n) is 17.5. The fourth-order valence-electron chi connectivity index (χ4n) is 2.87. The van der Waals surface area contributed by atoms with Crippen LogP contribution in [0.4, 0.5) is 0 Å². The second kappa shape index (κ2) is 15.0. The Morgan fingerprint density at radius 3 is 1.41 bits per heavy atom. The van der Waals surface area contributed by atoms with Crippen LogP contribution in [0.5, 0.6) is 11.5 Å². The Morgan fingerprint density at radius 1 is 0.724 bits per heavy atom. The van der Waals surface area contributed by atoms with Gasteiger partial charge in [-0.25, -0.2) is 0 Å². The maximum Gasteiger partial charge on any atom is 0.394 e. The van der Waals surface area contributed by atoms with E-state index < -0.39 is 10.4 Å². The summed E-state index contributed by atoms with van der Waals surface area (Å²) in [6.07, 6.45) is 9.73. The maximum atomic E-state index is 8.74. The third-order valence-electron chi connectivity index (χ3n) is 4.26. The highest BCUT2D eigenvalue weighted by Crippen LogP contribution is 2.30. The molecule has 0 fully saturated rings. The molecule has 6 nitrogen and oxygen atoms in total. The summed E-state index contributed by atoms with van der Waals surface area (Å²) < 4.78 is 37.9. The van der Waals surface area contributed by atoms with Crippen LogP contribution in [0.15, 0.2) is 48.5 Å². The Labute approximate surface area is 175 Å². The van der Waals surface area contributed by atoms with E-state index >= 15 is 0 Å². The quantitative estimate of drug-likeness (QED) is 0.297. The predicted octanol–water partition coefficient (Wildman–Crippen LogP) is 6.45. The van der Waals surface area contributed by atoms with Crippen molar-refractivity contribution in [1.82, 2.24) is 6.15 Å². The Morgan fingerprint density at radius 2 is 1.07 bits per heavy atom. The molecule has 0 aromatic heterocycles. The molecule has 2 rings (SSSR count). The highest BCUT2D eigenvalue weighted by atomic mass is 32.3. The topological polar surface area (TPSA) is 119 Å². The molecule has 0 aliphatic carbocycles. The molecule has 0 saturated heterocycles. The van der Waals surface area contributed by atoms with Crippen LogP contribution in [0.2, 0.25) is 0 Å². The lowest BCUT2D eigenvalue weighted by Gasteiger charge is -2.14. The van der Waals surface area contributed by atoms with Crippen LogP contribution >= 0.6 is 0 Å².